The minimum atomic E-state index is -0.0291. The van der Waals surface area contributed by atoms with Crippen molar-refractivity contribution < 1.29 is 0 Å². The lowest BCUT2D eigenvalue weighted by molar-refractivity contribution is 0.673. The molecular formula is C18H22ClN5. The molecule has 4 N–H and O–H groups in total. The zero-order valence-electron chi connectivity index (χ0n) is 13.9. The number of benzene rings is 1. The third-order valence-corrected chi connectivity index (χ3v) is 4.32. The first kappa shape index (κ1) is 17.9. The summed E-state index contributed by atoms with van der Waals surface area (Å²) in [6, 6.07) is 10.5. The summed E-state index contributed by atoms with van der Waals surface area (Å²) < 4.78 is 0. The van der Waals surface area contributed by atoms with Crippen LogP contribution in [0.25, 0.3) is 0 Å². The standard InChI is InChI=1S/C18H21N5.ClH/c1-11-5-3-4-6-14(11)13-9-15-17(12(2)7-8-21-15)16(10-13)22-23-18(19)20;/h3-8,13H,9-10H2,1-2H3,(H4,19,20,23);1H/b22-16-;. The highest BCUT2D eigenvalue weighted by Gasteiger charge is 2.28. The van der Waals surface area contributed by atoms with Crippen molar-refractivity contribution in [2.75, 3.05) is 0 Å². The highest BCUT2D eigenvalue weighted by Crippen LogP contribution is 2.34. The lowest BCUT2D eigenvalue weighted by Gasteiger charge is -2.27. The van der Waals surface area contributed by atoms with E-state index in [2.05, 4.69) is 53.3 Å². The van der Waals surface area contributed by atoms with Crippen LogP contribution in [-0.4, -0.2) is 16.7 Å². The maximum absolute atomic E-state index is 5.44. The molecule has 2 aromatic rings. The van der Waals surface area contributed by atoms with Crippen LogP contribution in [0, 0.1) is 13.8 Å². The van der Waals surface area contributed by atoms with E-state index in [1.165, 1.54) is 11.1 Å². The maximum atomic E-state index is 5.44. The number of rotatable bonds is 2. The summed E-state index contributed by atoms with van der Waals surface area (Å²) in [6.07, 6.45) is 3.57. The van der Waals surface area contributed by atoms with Crippen molar-refractivity contribution in [2.45, 2.75) is 32.6 Å². The van der Waals surface area contributed by atoms with Crippen LogP contribution in [0.5, 0.6) is 0 Å². The molecule has 0 radical (unpaired) electrons. The Morgan fingerprint density at radius 3 is 2.54 bits per heavy atom. The number of aromatic nitrogens is 1. The smallest absolute Gasteiger partial charge is 0.211 e. The first-order chi connectivity index (χ1) is 11.1. The van der Waals surface area contributed by atoms with Crippen molar-refractivity contribution >= 4 is 24.1 Å². The van der Waals surface area contributed by atoms with E-state index in [-0.39, 0.29) is 18.4 Å². The average molecular weight is 344 g/mol. The van der Waals surface area contributed by atoms with Crippen LogP contribution in [-0.2, 0) is 6.42 Å². The SMILES string of the molecule is Cc1ccccc1C1C/C(=N/N=C(N)N)c2c(C)ccnc2C1.Cl. The first-order valence-electron chi connectivity index (χ1n) is 7.72. The van der Waals surface area contributed by atoms with Crippen LogP contribution in [0.3, 0.4) is 0 Å². The number of nitrogens with two attached hydrogens (primary N) is 2. The molecule has 1 aliphatic carbocycles. The molecule has 0 saturated carbocycles. The molecule has 1 aromatic carbocycles. The normalized spacial score (nSPS) is 17.8. The summed E-state index contributed by atoms with van der Waals surface area (Å²) in [6.45, 7) is 4.21. The van der Waals surface area contributed by atoms with E-state index in [0.29, 0.717) is 5.92 Å². The monoisotopic (exact) mass is 343 g/mol. The van der Waals surface area contributed by atoms with E-state index >= 15 is 0 Å². The number of guanidine groups is 1. The number of hydrogen-bond donors (Lipinski definition) is 2. The van der Waals surface area contributed by atoms with Gasteiger partial charge in [0, 0.05) is 11.8 Å². The van der Waals surface area contributed by atoms with Crippen LogP contribution >= 0.6 is 12.4 Å². The molecule has 0 fully saturated rings. The summed E-state index contributed by atoms with van der Waals surface area (Å²) in [4.78, 5) is 4.57. The van der Waals surface area contributed by atoms with Gasteiger partial charge in [0.15, 0.2) is 0 Å². The molecule has 24 heavy (non-hydrogen) atoms. The van der Waals surface area contributed by atoms with Gasteiger partial charge in [-0.3, -0.25) is 4.98 Å². The van der Waals surface area contributed by atoms with E-state index in [0.717, 1.165) is 35.4 Å². The minimum Gasteiger partial charge on any atom is -0.369 e. The Balaban J connectivity index is 0.00000208. The summed E-state index contributed by atoms with van der Waals surface area (Å²) >= 11 is 0. The minimum absolute atomic E-state index is 0. The lowest BCUT2D eigenvalue weighted by atomic mass is 9.79. The zero-order valence-corrected chi connectivity index (χ0v) is 14.7. The molecule has 1 heterocycles. The summed E-state index contributed by atoms with van der Waals surface area (Å²) in [7, 11) is 0. The molecule has 0 saturated heterocycles. The number of fused-ring (bicyclic) bond motifs is 1. The first-order valence-corrected chi connectivity index (χ1v) is 7.72. The Hall–Kier alpha value is -2.40. The number of halogens is 1. The van der Waals surface area contributed by atoms with Crippen molar-refractivity contribution in [3.8, 4) is 0 Å². The summed E-state index contributed by atoms with van der Waals surface area (Å²) in [5.41, 5.74) is 17.7. The van der Waals surface area contributed by atoms with Crippen LogP contribution in [0.1, 0.15) is 40.3 Å². The second-order valence-corrected chi connectivity index (χ2v) is 5.98. The fraction of sp³-hybridized carbons (Fsp3) is 0.278. The Bertz CT molecular complexity index is 794. The molecule has 1 aliphatic rings. The van der Waals surface area contributed by atoms with Gasteiger partial charge < -0.3 is 11.5 Å². The van der Waals surface area contributed by atoms with Crippen LogP contribution in [0.15, 0.2) is 46.7 Å². The van der Waals surface area contributed by atoms with Gasteiger partial charge in [0.05, 0.1) is 11.4 Å². The van der Waals surface area contributed by atoms with Gasteiger partial charge in [-0.2, -0.15) is 5.10 Å². The van der Waals surface area contributed by atoms with Crippen molar-refractivity contribution in [3.63, 3.8) is 0 Å². The zero-order chi connectivity index (χ0) is 16.4. The third kappa shape index (κ3) is 3.57. The average Bonchev–Trinajstić information content (AvgIpc) is 2.53. The molecule has 6 heteroatoms. The van der Waals surface area contributed by atoms with Gasteiger partial charge in [0.1, 0.15) is 0 Å². The third-order valence-electron chi connectivity index (χ3n) is 4.32. The van der Waals surface area contributed by atoms with Gasteiger partial charge in [0.2, 0.25) is 5.96 Å². The van der Waals surface area contributed by atoms with Gasteiger partial charge in [-0.1, -0.05) is 24.3 Å². The molecule has 0 aliphatic heterocycles. The van der Waals surface area contributed by atoms with Gasteiger partial charge >= 0.3 is 0 Å². The molecule has 0 amide bonds. The van der Waals surface area contributed by atoms with Crippen LogP contribution < -0.4 is 11.5 Å². The fourth-order valence-electron chi connectivity index (χ4n) is 3.28. The fourth-order valence-corrected chi connectivity index (χ4v) is 3.28. The second kappa shape index (κ2) is 7.45. The Morgan fingerprint density at radius 2 is 1.83 bits per heavy atom. The summed E-state index contributed by atoms with van der Waals surface area (Å²) in [5, 5.41) is 8.18. The number of hydrogen-bond acceptors (Lipinski definition) is 3. The predicted molar refractivity (Wildman–Crippen MR) is 101 cm³/mol. The van der Waals surface area contributed by atoms with Crippen molar-refractivity contribution in [1.82, 2.24) is 4.98 Å². The highest BCUT2D eigenvalue weighted by atomic mass is 35.5. The van der Waals surface area contributed by atoms with Gasteiger partial charge in [-0.05, 0) is 55.4 Å². The molecule has 0 spiro atoms. The number of aryl methyl sites for hydroxylation is 2. The summed E-state index contributed by atoms with van der Waals surface area (Å²) in [5.74, 6) is 0.310. The quantitative estimate of drug-likeness (QED) is 0.499. The Morgan fingerprint density at radius 1 is 1.08 bits per heavy atom. The van der Waals surface area contributed by atoms with Crippen LogP contribution in [0.2, 0.25) is 0 Å². The van der Waals surface area contributed by atoms with Gasteiger partial charge in [-0.15, -0.1) is 17.5 Å². The van der Waals surface area contributed by atoms with E-state index in [4.69, 9.17) is 11.5 Å². The molecule has 5 nitrogen and oxygen atoms in total. The topological polar surface area (TPSA) is 89.6 Å². The van der Waals surface area contributed by atoms with Crippen molar-refractivity contribution in [3.05, 3.63) is 64.5 Å². The lowest BCUT2D eigenvalue weighted by Crippen LogP contribution is -2.24. The van der Waals surface area contributed by atoms with Crippen molar-refractivity contribution in [1.29, 1.82) is 0 Å². The van der Waals surface area contributed by atoms with E-state index in [1.807, 2.05) is 12.3 Å². The molecule has 3 rings (SSSR count). The van der Waals surface area contributed by atoms with Crippen molar-refractivity contribution in [2.24, 2.45) is 21.7 Å². The molecule has 1 aromatic heterocycles. The molecule has 0 bridgehead atoms. The van der Waals surface area contributed by atoms with Gasteiger partial charge in [-0.25, -0.2) is 0 Å². The van der Waals surface area contributed by atoms with E-state index < -0.39 is 0 Å². The largest absolute Gasteiger partial charge is 0.369 e. The number of pyridine rings is 1. The molecular weight excluding hydrogens is 322 g/mol. The Kier molecular flexibility index (Phi) is 5.57. The highest BCUT2D eigenvalue weighted by molar-refractivity contribution is 6.04. The molecule has 1 atom stereocenters. The Labute approximate surface area is 148 Å². The second-order valence-electron chi connectivity index (χ2n) is 5.98. The van der Waals surface area contributed by atoms with E-state index in [1.54, 1.807) is 0 Å². The van der Waals surface area contributed by atoms with Crippen LogP contribution in [0.4, 0.5) is 0 Å². The predicted octanol–water partition coefficient (Wildman–Crippen LogP) is 2.83. The number of nitrogens with zero attached hydrogens (tertiary/aromatic N) is 3. The maximum Gasteiger partial charge on any atom is 0.211 e. The molecule has 1 unspecified atom stereocenters. The molecule has 126 valence electrons. The van der Waals surface area contributed by atoms with Gasteiger partial charge in [0.25, 0.3) is 0 Å². The van der Waals surface area contributed by atoms with E-state index in [9.17, 15) is 0 Å².